The number of carbonyl (C=O) groups excluding carboxylic acids is 3. The Morgan fingerprint density at radius 1 is 1.07 bits per heavy atom. The van der Waals surface area contributed by atoms with Crippen molar-refractivity contribution in [2.24, 2.45) is 0 Å². The minimum absolute atomic E-state index is 0.0853. The predicted octanol–water partition coefficient (Wildman–Crippen LogP) is 4.51. The van der Waals surface area contributed by atoms with Crippen molar-refractivity contribution in [3.8, 4) is 11.3 Å². The number of amides is 3. The van der Waals surface area contributed by atoms with E-state index in [0.29, 0.717) is 43.7 Å². The Balaban J connectivity index is 1.30. The van der Waals surface area contributed by atoms with Crippen molar-refractivity contribution in [1.29, 1.82) is 0 Å². The maximum Gasteiger partial charge on any atom is 0.410 e. The lowest BCUT2D eigenvalue weighted by molar-refractivity contribution is -0.129. The van der Waals surface area contributed by atoms with Crippen LogP contribution in [0.5, 0.6) is 0 Å². The van der Waals surface area contributed by atoms with Crippen LogP contribution in [0.1, 0.15) is 43.7 Å². The first-order valence-corrected chi connectivity index (χ1v) is 14.7. The number of anilines is 2. The third-order valence-corrected chi connectivity index (χ3v) is 7.38. The number of carbonyl (C=O) groups is 3. The molecular formula is C30H38N6O5S. The van der Waals surface area contributed by atoms with E-state index in [-0.39, 0.29) is 17.9 Å². The van der Waals surface area contributed by atoms with E-state index in [1.807, 2.05) is 61.4 Å². The fourth-order valence-corrected chi connectivity index (χ4v) is 5.02. The average molecular weight is 595 g/mol. The summed E-state index contributed by atoms with van der Waals surface area (Å²) < 4.78 is 11.2. The fraction of sp³-hybridized carbons (Fsp3) is 0.433. The number of hydrogen-bond donors (Lipinski definition) is 1. The van der Waals surface area contributed by atoms with Gasteiger partial charge < -0.3 is 24.2 Å². The van der Waals surface area contributed by atoms with Gasteiger partial charge >= 0.3 is 6.09 Å². The number of benzene rings is 1. The van der Waals surface area contributed by atoms with Crippen LogP contribution in [0.3, 0.4) is 0 Å². The summed E-state index contributed by atoms with van der Waals surface area (Å²) in [5.41, 5.74) is 3.24. The number of aromatic nitrogens is 2. The van der Waals surface area contributed by atoms with E-state index in [4.69, 9.17) is 9.47 Å². The van der Waals surface area contributed by atoms with E-state index in [2.05, 4.69) is 20.2 Å². The quantitative estimate of drug-likeness (QED) is 0.360. The molecule has 3 amide bonds. The van der Waals surface area contributed by atoms with Crippen LogP contribution in [0.2, 0.25) is 0 Å². The zero-order valence-corrected chi connectivity index (χ0v) is 25.6. The van der Waals surface area contributed by atoms with Crippen LogP contribution in [0.15, 0.2) is 48.0 Å². The highest BCUT2D eigenvalue weighted by atomic mass is 32.1. The van der Waals surface area contributed by atoms with Crippen LogP contribution in [0.4, 0.5) is 15.6 Å². The Morgan fingerprint density at radius 2 is 1.81 bits per heavy atom. The highest BCUT2D eigenvalue weighted by molar-refractivity contribution is 7.14. The lowest BCUT2D eigenvalue weighted by Gasteiger charge is -2.35. The van der Waals surface area contributed by atoms with Crippen molar-refractivity contribution < 1.29 is 23.9 Å². The molecule has 1 fully saturated rings. The summed E-state index contributed by atoms with van der Waals surface area (Å²) in [6, 6.07) is 11.4. The molecule has 12 heteroatoms. The molecule has 3 heterocycles. The summed E-state index contributed by atoms with van der Waals surface area (Å²) in [7, 11) is 1.68. The van der Waals surface area contributed by atoms with E-state index in [9.17, 15) is 14.4 Å². The molecule has 4 rings (SSSR count). The number of piperazine rings is 1. The van der Waals surface area contributed by atoms with Gasteiger partial charge in [-0.15, -0.1) is 11.3 Å². The fourth-order valence-electron chi connectivity index (χ4n) is 4.31. The highest BCUT2D eigenvalue weighted by Crippen LogP contribution is 2.28. The molecule has 1 N–H and O–H groups in total. The minimum Gasteiger partial charge on any atom is -0.444 e. The first-order chi connectivity index (χ1) is 20.0. The molecular weight excluding hydrogens is 556 g/mol. The van der Waals surface area contributed by atoms with Crippen LogP contribution in [0.25, 0.3) is 11.3 Å². The molecule has 11 nitrogen and oxygen atoms in total. The largest absolute Gasteiger partial charge is 0.444 e. The lowest BCUT2D eigenvalue weighted by Crippen LogP contribution is -2.48. The molecule has 0 spiro atoms. The molecule has 0 atom stereocenters. The Kier molecular flexibility index (Phi) is 10.1. The van der Waals surface area contributed by atoms with Crippen molar-refractivity contribution >= 4 is 40.1 Å². The Morgan fingerprint density at radius 3 is 2.48 bits per heavy atom. The second-order valence-electron chi connectivity index (χ2n) is 11.0. The molecule has 3 aromatic rings. The number of pyridine rings is 1. The van der Waals surface area contributed by atoms with Crippen LogP contribution in [0, 0.1) is 0 Å². The van der Waals surface area contributed by atoms with Crippen molar-refractivity contribution in [3.05, 3.63) is 59.2 Å². The van der Waals surface area contributed by atoms with Gasteiger partial charge in [0.1, 0.15) is 11.3 Å². The molecule has 1 aromatic carbocycles. The summed E-state index contributed by atoms with van der Waals surface area (Å²) in [5.74, 6) is -0.253. The van der Waals surface area contributed by atoms with Gasteiger partial charge in [-0.05, 0) is 38.5 Å². The molecule has 1 saturated heterocycles. The number of nitrogens with one attached hydrogen (secondary N) is 1. The van der Waals surface area contributed by atoms with Crippen molar-refractivity contribution in [3.63, 3.8) is 0 Å². The second kappa shape index (κ2) is 13.8. The van der Waals surface area contributed by atoms with E-state index in [1.165, 1.54) is 16.2 Å². The number of ether oxygens (including phenoxy) is 2. The van der Waals surface area contributed by atoms with Gasteiger partial charge in [0.25, 0.3) is 5.91 Å². The maximum absolute atomic E-state index is 12.9. The monoisotopic (exact) mass is 594 g/mol. The average Bonchev–Trinajstić information content (AvgIpc) is 3.42. The molecule has 0 saturated carbocycles. The minimum atomic E-state index is -0.549. The van der Waals surface area contributed by atoms with Crippen molar-refractivity contribution in [2.45, 2.75) is 39.9 Å². The van der Waals surface area contributed by atoms with Gasteiger partial charge in [0.05, 0.1) is 30.8 Å². The van der Waals surface area contributed by atoms with Crippen LogP contribution in [-0.4, -0.2) is 89.7 Å². The van der Waals surface area contributed by atoms with Gasteiger partial charge in [0.2, 0.25) is 5.91 Å². The molecule has 1 aliphatic rings. The Bertz CT molecular complexity index is 1380. The van der Waals surface area contributed by atoms with Gasteiger partial charge in [0.15, 0.2) is 5.13 Å². The molecule has 0 radical (unpaired) electrons. The molecule has 1 aliphatic heterocycles. The topological polar surface area (TPSA) is 117 Å². The highest BCUT2D eigenvalue weighted by Gasteiger charge is 2.21. The number of nitrogens with zero attached hydrogens (tertiary/aromatic N) is 5. The summed E-state index contributed by atoms with van der Waals surface area (Å²) >= 11 is 1.33. The number of thiazole rings is 1. The third-order valence-electron chi connectivity index (χ3n) is 6.62. The van der Waals surface area contributed by atoms with Crippen LogP contribution < -0.4 is 10.2 Å². The standard InChI is InChI=1S/C30H38N6O5S/c1-21(37)35-12-14-36(15-13-35)23-10-11-25(31-18-23)27(38)33-28-32-26(20-42-28)24-9-7-6-8-22(24)19-40-17-16-34(5)29(39)41-30(2,3)4/h6-11,18,20H,12-17,19H2,1-5H3,(H,32,33,38). The Labute approximate surface area is 250 Å². The molecule has 42 heavy (non-hydrogen) atoms. The second-order valence-corrected chi connectivity index (χ2v) is 11.9. The van der Waals surface area contributed by atoms with Gasteiger partial charge in [-0.1, -0.05) is 24.3 Å². The zero-order chi connectivity index (χ0) is 30.3. The third kappa shape index (κ3) is 8.49. The van der Waals surface area contributed by atoms with E-state index < -0.39 is 5.60 Å². The van der Waals surface area contributed by atoms with Gasteiger partial charge in [-0.2, -0.15) is 0 Å². The number of likely N-dealkylation sites (N-methyl/N-ethyl adjacent to an activating group) is 1. The molecule has 224 valence electrons. The van der Waals surface area contributed by atoms with Gasteiger partial charge in [0, 0.05) is 57.6 Å². The van der Waals surface area contributed by atoms with Crippen LogP contribution >= 0.6 is 11.3 Å². The number of hydrogen-bond acceptors (Lipinski definition) is 9. The zero-order valence-electron chi connectivity index (χ0n) is 24.8. The van der Waals surface area contributed by atoms with E-state index in [1.54, 1.807) is 26.2 Å². The van der Waals surface area contributed by atoms with E-state index in [0.717, 1.165) is 35.6 Å². The van der Waals surface area contributed by atoms with Gasteiger partial charge in [-0.25, -0.2) is 14.8 Å². The lowest BCUT2D eigenvalue weighted by atomic mass is 10.1. The summed E-state index contributed by atoms with van der Waals surface area (Å²) in [6.45, 7) is 11.0. The molecule has 0 unspecified atom stereocenters. The molecule has 0 bridgehead atoms. The molecule has 0 aliphatic carbocycles. The first-order valence-electron chi connectivity index (χ1n) is 13.8. The van der Waals surface area contributed by atoms with Crippen molar-refractivity contribution in [2.75, 3.05) is 56.6 Å². The first kappa shape index (κ1) is 30.9. The number of rotatable bonds is 9. The normalized spacial score (nSPS) is 13.5. The SMILES string of the molecule is CC(=O)N1CCN(c2ccc(C(=O)Nc3nc(-c4ccccc4COCCN(C)C(=O)OC(C)(C)C)cs3)nc2)CC1. The Hall–Kier alpha value is -4.03. The van der Waals surface area contributed by atoms with E-state index >= 15 is 0 Å². The molecule has 2 aromatic heterocycles. The van der Waals surface area contributed by atoms with Gasteiger partial charge in [-0.3, -0.25) is 14.9 Å². The predicted molar refractivity (Wildman–Crippen MR) is 163 cm³/mol. The maximum atomic E-state index is 12.9. The summed E-state index contributed by atoms with van der Waals surface area (Å²) in [4.78, 5) is 51.0. The van der Waals surface area contributed by atoms with Crippen molar-refractivity contribution in [1.82, 2.24) is 19.8 Å². The smallest absolute Gasteiger partial charge is 0.410 e. The summed E-state index contributed by atoms with van der Waals surface area (Å²) in [6.07, 6.45) is 1.30. The summed E-state index contributed by atoms with van der Waals surface area (Å²) in [5, 5.41) is 5.20. The van der Waals surface area contributed by atoms with Crippen LogP contribution in [-0.2, 0) is 20.9 Å².